The lowest BCUT2D eigenvalue weighted by atomic mass is 9.97. The second-order valence-corrected chi connectivity index (χ2v) is 6.94. The highest BCUT2D eigenvalue weighted by Gasteiger charge is 2.28. The number of piperidine rings is 1. The molecule has 0 radical (unpaired) electrons. The summed E-state index contributed by atoms with van der Waals surface area (Å²) in [6.07, 6.45) is 7.05. The minimum atomic E-state index is -0.275. The Labute approximate surface area is 138 Å². The van der Waals surface area contributed by atoms with Gasteiger partial charge in [0.15, 0.2) is 0 Å². The maximum Gasteiger partial charge on any atom is 0.254 e. The third-order valence-corrected chi connectivity index (χ3v) is 5.28. The van der Waals surface area contributed by atoms with Gasteiger partial charge in [-0.2, -0.15) is 0 Å². The van der Waals surface area contributed by atoms with Crippen molar-refractivity contribution in [2.75, 3.05) is 26.2 Å². The number of hydrogen-bond acceptors (Lipinski definition) is 2. The largest absolute Gasteiger partial charge is 0.336 e. The molecule has 0 saturated carbocycles. The van der Waals surface area contributed by atoms with Gasteiger partial charge in [-0.3, -0.25) is 4.79 Å². The van der Waals surface area contributed by atoms with Gasteiger partial charge in [-0.05, 0) is 82.3 Å². The lowest BCUT2D eigenvalue weighted by Crippen LogP contribution is -2.45. The fourth-order valence-corrected chi connectivity index (χ4v) is 3.93. The zero-order valence-electron chi connectivity index (χ0n) is 14.1. The maximum absolute atomic E-state index is 13.3. The van der Waals surface area contributed by atoms with Crippen LogP contribution in [0.15, 0.2) is 18.2 Å². The van der Waals surface area contributed by atoms with Gasteiger partial charge in [-0.15, -0.1) is 0 Å². The van der Waals surface area contributed by atoms with Crippen molar-refractivity contribution in [3.8, 4) is 0 Å². The van der Waals surface area contributed by atoms with E-state index in [2.05, 4.69) is 4.90 Å². The molecule has 0 aliphatic carbocycles. The second-order valence-electron chi connectivity index (χ2n) is 6.94. The van der Waals surface area contributed by atoms with Gasteiger partial charge in [0.1, 0.15) is 5.82 Å². The van der Waals surface area contributed by atoms with Crippen LogP contribution in [0.4, 0.5) is 4.39 Å². The van der Waals surface area contributed by atoms with Crippen molar-refractivity contribution in [1.29, 1.82) is 0 Å². The van der Waals surface area contributed by atoms with E-state index in [4.69, 9.17) is 0 Å². The maximum atomic E-state index is 13.3. The molecule has 1 aromatic carbocycles. The third-order valence-electron chi connectivity index (χ3n) is 5.28. The summed E-state index contributed by atoms with van der Waals surface area (Å²) < 4.78 is 13.3. The fraction of sp³-hybridized carbons (Fsp3) is 0.632. The molecular formula is C19H27FN2O. The number of carbonyl (C=O) groups excluding carboxylic acids is 1. The SMILES string of the molecule is Cc1cc(F)ccc1C(=O)N1CCCCC1CCN1CCCC1. The number of hydrogen-bond donors (Lipinski definition) is 0. The number of rotatable bonds is 4. The molecule has 2 heterocycles. The minimum Gasteiger partial charge on any atom is -0.336 e. The Hall–Kier alpha value is -1.42. The van der Waals surface area contributed by atoms with Gasteiger partial charge in [0.25, 0.3) is 5.91 Å². The minimum absolute atomic E-state index is 0.0774. The molecule has 3 rings (SSSR count). The predicted octanol–water partition coefficient (Wildman–Crippen LogP) is 3.61. The van der Waals surface area contributed by atoms with Crippen LogP contribution in [0.2, 0.25) is 0 Å². The molecule has 2 fully saturated rings. The molecule has 23 heavy (non-hydrogen) atoms. The summed E-state index contributed by atoms with van der Waals surface area (Å²) in [6.45, 7) is 6.16. The van der Waals surface area contributed by atoms with E-state index in [1.165, 1.54) is 44.5 Å². The highest BCUT2D eigenvalue weighted by Crippen LogP contribution is 2.24. The van der Waals surface area contributed by atoms with E-state index in [-0.39, 0.29) is 11.7 Å². The smallest absolute Gasteiger partial charge is 0.254 e. The molecule has 0 bridgehead atoms. The Morgan fingerprint density at radius 3 is 2.65 bits per heavy atom. The number of nitrogens with zero attached hydrogens (tertiary/aromatic N) is 2. The molecule has 3 nitrogen and oxygen atoms in total. The van der Waals surface area contributed by atoms with Gasteiger partial charge in [0.05, 0.1) is 0 Å². The number of halogens is 1. The lowest BCUT2D eigenvalue weighted by molar-refractivity contribution is 0.0587. The number of benzene rings is 1. The Kier molecular flexibility index (Phi) is 5.31. The predicted molar refractivity (Wildman–Crippen MR) is 90.1 cm³/mol. The van der Waals surface area contributed by atoms with Crippen molar-refractivity contribution >= 4 is 5.91 Å². The third kappa shape index (κ3) is 3.92. The molecule has 0 aromatic heterocycles. The monoisotopic (exact) mass is 318 g/mol. The average molecular weight is 318 g/mol. The van der Waals surface area contributed by atoms with Crippen LogP contribution in [0.1, 0.15) is 54.4 Å². The zero-order chi connectivity index (χ0) is 16.2. The van der Waals surface area contributed by atoms with E-state index in [9.17, 15) is 9.18 Å². The van der Waals surface area contributed by atoms with Gasteiger partial charge in [0, 0.05) is 24.7 Å². The number of aryl methyl sites for hydroxylation is 1. The first-order valence-electron chi connectivity index (χ1n) is 8.94. The first-order chi connectivity index (χ1) is 11.1. The molecule has 1 atom stereocenters. The molecule has 1 unspecified atom stereocenters. The van der Waals surface area contributed by atoms with Crippen LogP contribution < -0.4 is 0 Å². The highest BCUT2D eigenvalue weighted by atomic mass is 19.1. The number of carbonyl (C=O) groups is 1. The summed E-state index contributed by atoms with van der Waals surface area (Å²) in [5.74, 6) is -0.197. The first-order valence-corrected chi connectivity index (χ1v) is 8.94. The molecular weight excluding hydrogens is 291 g/mol. The molecule has 2 aliphatic rings. The fourth-order valence-electron chi connectivity index (χ4n) is 3.93. The van der Waals surface area contributed by atoms with Crippen molar-refractivity contribution in [3.05, 3.63) is 35.1 Å². The molecule has 4 heteroatoms. The normalized spacial score (nSPS) is 22.5. The van der Waals surface area contributed by atoms with E-state index in [1.807, 2.05) is 11.8 Å². The van der Waals surface area contributed by atoms with E-state index in [1.54, 1.807) is 6.07 Å². The quantitative estimate of drug-likeness (QED) is 0.846. The van der Waals surface area contributed by atoms with Gasteiger partial charge in [-0.1, -0.05) is 0 Å². The summed E-state index contributed by atoms with van der Waals surface area (Å²) in [6, 6.07) is 4.82. The van der Waals surface area contributed by atoms with Crippen LogP contribution in [0, 0.1) is 12.7 Å². The molecule has 0 N–H and O–H groups in total. The van der Waals surface area contributed by atoms with Crippen LogP contribution in [0.25, 0.3) is 0 Å². The van der Waals surface area contributed by atoms with E-state index in [0.717, 1.165) is 37.9 Å². The van der Waals surface area contributed by atoms with Gasteiger partial charge < -0.3 is 9.80 Å². The molecule has 0 spiro atoms. The standard InChI is InChI=1S/C19H27FN2O/c1-15-14-16(20)7-8-18(15)19(23)22-12-3-2-6-17(22)9-13-21-10-4-5-11-21/h7-8,14,17H,2-6,9-13H2,1H3. The van der Waals surface area contributed by atoms with Gasteiger partial charge in [-0.25, -0.2) is 4.39 Å². The summed E-state index contributed by atoms with van der Waals surface area (Å²) in [5.41, 5.74) is 1.39. The Bertz CT molecular complexity index is 554. The van der Waals surface area contributed by atoms with Gasteiger partial charge >= 0.3 is 0 Å². The summed E-state index contributed by atoms with van der Waals surface area (Å²) in [7, 11) is 0. The Morgan fingerprint density at radius 2 is 1.91 bits per heavy atom. The molecule has 126 valence electrons. The zero-order valence-corrected chi connectivity index (χ0v) is 14.1. The van der Waals surface area contributed by atoms with E-state index in [0.29, 0.717) is 11.6 Å². The summed E-state index contributed by atoms with van der Waals surface area (Å²) >= 11 is 0. The van der Waals surface area contributed by atoms with Crippen LogP contribution in [-0.4, -0.2) is 47.9 Å². The molecule has 1 amide bonds. The van der Waals surface area contributed by atoms with Gasteiger partial charge in [0.2, 0.25) is 0 Å². The van der Waals surface area contributed by atoms with Crippen molar-refractivity contribution in [1.82, 2.24) is 9.80 Å². The van der Waals surface area contributed by atoms with Crippen LogP contribution in [0.5, 0.6) is 0 Å². The number of likely N-dealkylation sites (tertiary alicyclic amines) is 2. The van der Waals surface area contributed by atoms with Crippen molar-refractivity contribution in [2.24, 2.45) is 0 Å². The summed E-state index contributed by atoms with van der Waals surface area (Å²) in [5, 5.41) is 0. The van der Waals surface area contributed by atoms with Crippen LogP contribution in [-0.2, 0) is 0 Å². The van der Waals surface area contributed by atoms with Crippen LogP contribution >= 0.6 is 0 Å². The summed E-state index contributed by atoms with van der Waals surface area (Å²) in [4.78, 5) is 17.5. The Morgan fingerprint density at radius 1 is 1.17 bits per heavy atom. The lowest BCUT2D eigenvalue weighted by Gasteiger charge is -2.37. The molecule has 2 saturated heterocycles. The molecule has 2 aliphatic heterocycles. The topological polar surface area (TPSA) is 23.6 Å². The van der Waals surface area contributed by atoms with E-state index >= 15 is 0 Å². The average Bonchev–Trinajstić information content (AvgIpc) is 3.06. The van der Waals surface area contributed by atoms with E-state index < -0.39 is 0 Å². The number of amides is 1. The second kappa shape index (κ2) is 7.43. The van der Waals surface area contributed by atoms with Crippen molar-refractivity contribution in [3.63, 3.8) is 0 Å². The Balaban J connectivity index is 1.68. The van der Waals surface area contributed by atoms with Crippen molar-refractivity contribution < 1.29 is 9.18 Å². The first kappa shape index (κ1) is 16.4. The van der Waals surface area contributed by atoms with Crippen LogP contribution in [0.3, 0.4) is 0 Å². The van der Waals surface area contributed by atoms with Crippen molar-refractivity contribution in [2.45, 2.75) is 51.5 Å². The molecule has 1 aromatic rings. The highest BCUT2D eigenvalue weighted by molar-refractivity contribution is 5.95.